The Morgan fingerprint density at radius 2 is 1.57 bits per heavy atom. The molecule has 0 spiro atoms. The van der Waals surface area contributed by atoms with Gasteiger partial charge in [0.1, 0.15) is 0 Å². The van der Waals surface area contributed by atoms with Gasteiger partial charge in [0.25, 0.3) is 0 Å². The molecule has 1 N–H and O–H groups in total. The summed E-state index contributed by atoms with van der Waals surface area (Å²) in [6, 6.07) is 1.38. The summed E-state index contributed by atoms with van der Waals surface area (Å²) in [7, 11) is 2.22. The van der Waals surface area contributed by atoms with Crippen LogP contribution in [-0.2, 0) is 0 Å². The minimum atomic E-state index is 0.629. The van der Waals surface area contributed by atoms with Crippen LogP contribution in [0.4, 0.5) is 0 Å². The molecule has 0 aromatic rings. The lowest BCUT2D eigenvalue weighted by molar-refractivity contribution is -0.0787. The zero-order valence-electron chi connectivity index (χ0n) is 14.7. The summed E-state index contributed by atoms with van der Waals surface area (Å²) in [5, 5.41) is 3.76. The Labute approximate surface area is 132 Å². The van der Waals surface area contributed by atoms with Gasteiger partial charge in [0.15, 0.2) is 0 Å². The first-order valence-electron chi connectivity index (χ1n) is 9.47. The van der Waals surface area contributed by atoms with Gasteiger partial charge in [-0.1, -0.05) is 6.92 Å². The normalized spacial score (nSPS) is 39.4. The molecule has 122 valence electrons. The van der Waals surface area contributed by atoms with Crippen molar-refractivity contribution >= 4 is 0 Å². The number of likely N-dealkylation sites (N-methyl/N-ethyl adjacent to an activating group) is 1. The molecule has 0 amide bonds. The van der Waals surface area contributed by atoms with Crippen molar-refractivity contribution in [1.82, 2.24) is 10.2 Å². The molecule has 0 aromatic heterocycles. The minimum Gasteiger partial charge on any atom is -0.315 e. The van der Waals surface area contributed by atoms with Crippen molar-refractivity contribution in [3.8, 4) is 0 Å². The standard InChI is InChI=1S/C19H36N2/c1-5-6-21(14(2)3)13-18(20-4)19-10-15-7-16(11-19)9-17(8-15)12-19/h14-18,20H,5-13H2,1-4H3. The fourth-order valence-corrected chi connectivity index (χ4v) is 6.28. The van der Waals surface area contributed by atoms with Crippen molar-refractivity contribution in [2.75, 3.05) is 20.1 Å². The lowest BCUT2D eigenvalue weighted by Crippen LogP contribution is -2.59. The average molecular weight is 293 g/mol. The molecule has 0 aromatic carbocycles. The smallest absolute Gasteiger partial charge is 0.0248 e. The van der Waals surface area contributed by atoms with Crippen molar-refractivity contribution in [1.29, 1.82) is 0 Å². The first-order chi connectivity index (χ1) is 10.1. The average Bonchev–Trinajstić information content (AvgIpc) is 2.41. The summed E-state index contributed by atoms with van der Waals surface area (Å²) in [5.74, 6) is 3.18. The molecule has 2 nitrogen and oxygen atoms in total. The van der Waals surface area contributed by atoms with Crippen molar-refractivity contribution < 1.29 is 0 Å². The van der Waals surface area contributed by atoms with E-state index in [9.17, 15) is 0 Å². The largest absolute Gasteiger partial charge is 0.315 e. The van der Waals surface area contributed by atoms with Crippen LogP contribution in [0.1, 0.15) is 65.7 Å². The Balaban J connectivity index is 1.73. The Morgan fingerprint density at radius 3 is 1.95 bits per heavy atom. The van der Waals surface area contributed by atoms with E-state index in [0.29, 0.717) is 17.5 Å². The van der Waals surface area contributed by atoms with Crippen LogP contribution < -0.4 is 5.32 Å². The van der Waals surface area contributed by atoms with Crippen LogP contribution in [0, 0.1) is 23.2 Å². The van der Waals surface area contributed by atoms with E-state index in [2.05, 4.69) is 38.0 Å². The molecule has 4 fully saturated rings. The van der Waals surface area contributed by atoms with Crippen LogP contribution >= 0.6 is 0 Å². The Kier molecular flexibility index (Phi) is 4.66. The SMILES string of the molecule is CCCN(CC(NC)C12CC3CC(CC(C3)C1)C2)C(C)C. The van der Waals surface area contributed by atoms with Crippen LogP contribution in [0.2, 0.25) is 0 Å². The van der Waals surface area contributed by atoms with E-state index in [4.69, 9.17) is 0 Å². The molecule has 0 heterocycles. The van der Waals surface area contributed by atoms with E-state index >= 15 is 0 Å². The molecule has 0 saturated heterocycles. The maximum absolute atomic E-state index is 3.76. The molecular formula is C19H36N2. The highest BCUT2D eigenvalue weighted by atomic mass is 15.2. The third-order valence-electron chi connectivity index (χ3n) is 6.83. The van der Waals surface area contributed by atoms with E-state index in [1.165, 1.54) is 38.8 Å². The number of nitrogens with zero attached hydrogens (tertiary/aromatic N) is 1. The van der Waals surface area contributed by atoms with Gasteiger partial charge in [-0.15, -0.1) is 0 Å². The molecule has 1 atom stereocenters. The van der Waals surface area contributed by atoms with Gasteiger partial charge in [-0.3, -0.25) is 4.90 Å². The topological polar surface area (TPSA) is 15.3 Å². The first kappa shape index (κ1) is 15.8. The highest BCUT2D eigenvalue weighted by Crippen LogP contribution is 2.61. The first-order valence-corrected chi connectivity index (χ1v) is 9.47. The molecular weight excluding hydrogens is 256 g/mol. The van der Waals surface area contributed by atoms with Gasteiger partial charge in [-0.05, 0) is 95.6 Å². The fraction of sp³-hybridized carbons (Fsp3) is 1.00. The zero-order valence-corrected chi connectivity index (χ0v) is 14.7. The van der Waals surface area contributed by atoms with E-state index in [0.717, 1.165) is 17.8 Å². The van der Waals surface area contributed by atoms with Crippen LogP contribution in [-0.4, -0.2) is 37.1 Å². The molecule has 0 radical (unpaired) electrons. The highest BCUT2D eigenvalue weighted by Gasteiger charge is 2.53. The van der Waals surface area contributed by atoms with Gasteiger partial charge in [0.2, 0.25) is 0 Å². The zero-order chi connectivity index (χ0) is 15.0. The maximum atomic E-state index is 3.76. The second-order valence-corrected chi connectivity index (χ2v) is 8.71. The minimum absolute atomic E-state index is 0.629. The van der Waals surface area contributed by atoms with Gasteiger partial charge in [0.05, 0.1) is 0 Å². The van der Waals surface area contributed by atoms with Crippen LogP contribution in [0.25, 0.3) is 0 Å². The third-order valence-corrected chi connectivity index (χ3v) is 6.83. The van der Waals surface area contributed by atoms with Gasteiger partial charge < -0.3 is 5.32 Å². The molecule has 0 aliphatic heterocycles. The summed E-state index contributed by atoms with van der Waals surface area (Å²) in [6.45, 7) is 9.55. The second-order valence-electron chi connectivity index (χ2n) is 8.71. The molecule has 21 heavy (non-hydrogen) atoms. The second kappa shape index (κ2) is 6.20. The van der Waals surface area contributed by atoms with Crippen LogP contribution in [0.15, 0.2) is 0 Å². The van der Waals surface area contributed by atoms with E-state index in [-0.39, 0.29) is 0 Å². The monoisotopic (exact) mass is 292 g/mol. The highest BCUT2D eigenvalue weighted by molar-refractivity contribution is 5.06. The van der Waals surface area contributed by atoms with Crippen molar-refractivity contribution in [3.05, 3.63) is 0 Å². The predicted octanol–water partition coefficient (Wildman–Crippen LogP) is 3.91. The quantitative estimate of drug-likeness (QED) is 0.765. The number of hydrogen-bond donors (Lipinski definition) is 1. The van der Waals surface area contributed by atoms with E-state index < -0.39 is 0 Å². The molecule has 4 aliphatic rings. The maximum Gasteiger partial charge on any atom is 0.0248 e. The fourth-order valence-electron chi connectivity index (χ4n) is 6.28. The van der Waals surface area contributed by atoms with Gasteiger partial charge in [0, 0.05) is 18.6 Å². The number of nitrogens with one attached hydrogen (secondary N) is 1. The molecule has 1 unspecified atom stereocenters. The Bertz CT molecular complexity index is 314. The summed E-state index contributed by atoms with van der Waals surface area (Å²) >= 11 is 0. The van der Waals surface area contributed by atoms with Crippen LogP contribution in [0.3, 0.4) is 0 Å². The number of hydrogen-bond acceptors (Lipinski definition) is 2. The van der Waals surface area contributed by atoms with Gasteiger partial charge in [-0.25, -0.2) is 0 Å². The molecule has 4 rings (SSSR count). The summed E-state index contributed by atoms with van der Waals surface area (Å²) in [6.07, 6.45) is 10.5. The van der Waals surface area contributed by atoms with Gasteiger partial charge >= 0.3 is 0 Å². The predicted molar refractivity (Wildman–Crippen MR) is 90.5 cm³/mol. The van der Waals surface area contributed by atoms with Crippen LogP contribution in [0.5, 0.6) is 0 Å². The number of rotatable bonds is 7. The molecule has 2 heteroatoms. The van der Waals surface area contributed by atoms with E-state index in [1.807, 2.05) is 0 Å². The lowest BCUT2D eigenvalue weighted by atomic mass is 9.47. The van der Waals surface area contributed by atoms with Crippen molar-refractivity contribution in [2.45, 2.75) is 77.8 Å². The molecule has 4 bridgehead atoms. The lowest BCUT2D eigenvalue weighted by Gasteiger charge is -2.60. The third kappa shape index (κ3) is 3.03. The molecule has 4 saturated carbocycles. The summed E-state index contributed by atoms with van der Waals surface area (Å²) < 4.78 is 0. The Hall–Kier alpha value is -0.0800. The summed E-state index contributed by atoms with van der Waals surface area (Å²) in [5.41, 5.74) is 0.629. The Morgan fingerprint density at radius 1 is 1.05 bits per heavy atom. The van der Waals surface area contributed by atoms with E-state index in [1.54, 1.807) is 19.3 Å². The van der Waals surface area contributed by atoms with Gasteiger partial charge in [-0.2, -0.15) is 0 Å². The van der Waals surface area contributed by atoms with Crippen molar-refractivity contribution in [2.24, 2.45) is 23.2 Å². The molecule has 4 aliphatic carbocycles. The van der Waals surface area contributed by atoms with Crippen molar-refractivity contribution in [3.63, 3.8) is 0 Å². The summed E-state index contributed by atoms with van der Waals surface area (Å²) in [4.78, 5) is 2.71.